The van der Waals surface area contributed by atoms with E-state index in [2.05, 4.69) is 5.32 Å². The molecule has 7 nitrogen and oxygen atoms in total. The first-order valence-corrected chi connectivity index (χ1v) is 9.63. The van der Waals surface area contributed by atoms with Crippen LogP contribution in [0.25, 0.3) is 6.08 Å². The molecule has 1 heterocycles. The zero-order chi connectivity index (χ0) is 21.4. The predicted molar refractivity (Wildman–Crippen MR) is 110 cm³/mol. The van der Waals surface area contributed by atoms with Gasteiger partial charge in [0.2, 0.25) is 0 Å². The van der Waals surface area contributed by atoms with Crippen LogP contribution in [-0.2, 0) is 9.53 Å². The maximum Gasteiger partial charge on any atom is 0.348 e. The molecule has 0 radical (unpaired) electrons. The molecule has 1 aromatic heterocycles. The SMILES string of the molecule is CCOC(=O)c1sc(NC(=O)C(C#N)=Cc2ccc(OCC)cc2)c(C#N)c1C. The fourth-order valence-corrected chi connectivity index (χ4v) is 3.49. The molecule has 0 spiro atoms. The van der Waals surface area contributed by atoms with E-state index < -0.39 is 11.9 Å². The van der Waals surface area contributed by atoms with E-state index in [9.17, 15) is 20.1 Å². The third-order valence-corrected chi connectivity index (χ3v) is 5.00. The number of carbonyl (C=O) groups is 2. The van der Waals surface area contributed by atoms with Gasteiger partial charge in [-0.1, -0.05) is 12.1 Å². The van der Waals surface area contributed by atoms with Gasteiger partial charge in [0.15, 0.2) is 0 Å². The molecule has 0 aliphatic carbocycles. The molecule has 0 saturated carbocycles. The molecule has 148 valence electrons. The van der Waals surface area contributed by atoms with Gasteiger partial charge in [-0.15, -0.1) is 11.3 Å². The van der Waals surface area contributed by atoms with Crippen molar-refractivity contribution < 1.29 is 19.1 Å². The zero-order valence-corrected chi connectivity index (χ0v) is 17.1. The lowest BCUT2D eigenvalue weighted by molar-refractivity contribution is -0.112. The van der Waals surface area contributed by atoms with Gasteiger partial charge in [0.1, 0.15) is 33.3 Å². The number of esters is 1. The molecule has 1 aromatic carbocycles. The first-order chi connectivity index (χ1) is 13.9. The van der Waals surface area contributed by atoms with E-state index in [-0.39, 0.29) is 27.6 Å². The van der Waals surface area contributed by atoms with Gasteiger partial charge in [-0.2, -0.15) is 10.5 Å². The lowest BCUT2D eigenvalue weighted by Crippen LogP contribution is -2.13. The van der Waals surface area contributed by atoms with Crippen LogP contribution < -0.4 is 10.1 Å². The number of ether oxygens (including phenoxy) is 2. The van der Waals surface area contributed by atoms with E-state index in [1.165, 1.54) is 6.08 Å². The molecule has 2 rings (SSSR count). The van der Waals surface area contributed by atoms with E-state index in [1.54, 1.807) is 38.1 Å². The van der Waals surface area contributed by atoms with Crippen molar-refractivity contribution in [2.45, 2.75) is 20.8 Å². The summed E-state index contributed by atoms with van der Waals surface area (Å²) in [5.41, 5.74) is 1.11. The Bertz CT molecular complexity index is 1020. The number of hydrogen-bond acceptors (Lipinski definition) is 7. The Morgan fingerprint density at radius 1 is 1.17 bits per heavy atom. The van der Waals surface area contributed by atoms with E-state index in [4.69, 9.17) is 9.47 Å². The summed E-state index contributed by atoms with van der Waals surface area (Å²) >= 11 is 0.947. The maximum atomic E-state index is 12.6. The minimum atomic E-state index is -0.672. The standard InChI is InChI=1S/C21H19N3O4S/c1-4-27-16-8-6-14(7-9-16)10-15(11-22)19(25)24-20-17(12-23)13(3)18(29-20)21(26)28-5-2/h6-10H,4-5H2,1-3H3,(H,24,25). The lowest BCUT2D eigenvalue weighted by Gasteiger charge is -2.04. The van der Waals surface area contributed by atoms with Crippen LogP contribution >= 0.6 is 11.3 Å². The normalized spacial score (nSPS) is 10.6. The van der Waals surface area contributed by atoms with Gasteiger partial charge in [-0.3, -0.25) is 4.79 Å². The van der Waals surface area contributed by atoms with Crippen molar-refractivity contribution in [1.82, 2.24) is 0 Å². The van der Waals surface area contributed by atoms with Crippen LogP contribution in [0.15, 0.2) is 29.8 Å². The molecule has 0 atom stereocenters. The van der Waals surface area contributed by atoms with Crippen LogP contribution in [0.4, 0.5) is 5.00 Å². The molecule has 0 aliphatic rings. The second kappa shape index (κ2) is 10.1. The van der Waals surface area contributed by atoms with Crippen molar-refractivity contribution in [3.05, 3.63) is 51.4 Å². The van der Waals surface area contributed by atoms with Gasteiger partial charge in [-0.25, -0.2) is 4.79 Å². The Hall–Kier alpha value is -3.62. The lowest BCUT2D eigenvalue weighted by atomic mass is 10.1. The minimum Gasteiger partial charge on any atom is -0.494 e. The van der Waals surface area contributed by atoms with Gasteiger partial charge in [0.25, 0.3) is 5.91 Å². The molecule has 1 N–H and O–H groups in total. The molecule has 0 bridgehead atoms. The highest BCUT2D eigenvalue weighted by Crippen LogP contribution is 2.33. The quantitative estimate of drug-likeness (QED) is 0.419. The molecule has 0 fully saturated rings. The Morgan fingerprint density at radius 2 is 1.86 bits per heavy atom. The van der Waals surface area contributed by atoms with E-state index in [0.29, 0.717) is 23.5 Å². The van der Waals surface area contributed by atoms with Gasteiger partial charge >= 0.3 is 5.97 Å². The van der Waals surface area contributed by atoms with Crippen molar-refractivity contribution in [1.29, 1.82) is 10.5 Å². The van der Waals surface area contributed by atoms with Crippen LogP contribution in [0.2, 0.25) is 0 Å². The fraction of sp³-hybridized carbons (Fsp3) is 0.238. The highest BCUT2D eigenvalue weighted by atomic mass is 32.1. The first-order valence-electron chi connectivity index (χ1n) is 8.81. The Kier molecular flexibility index (Phi) is 7.53. The largest absolute Gasteiger partial charge is 0.494 e. The van der Waals surface area contributed by atoms with Crippen LogP contribution in [0.1, 0.15) is 40.2 Å². The summed E-state index contributed by atoms with van der Waals surface area (Å²) in [6, 6.07) is 10.8. The summed E-state index contributed by atoms with van der Waals surface area (Å²) in [5, 5.41) is 21.5. The third-order valence-electron chi connectivity index (χ3n) is 3.81. The summed E-state index contributed by atoms with van der Waals surface area (Å²) in [5.74, 6) is -0.543. The molecule has 2 aromatic rings. The van der Waals surface area contributed by atoms with Gasteiger partial charge in [0, 0.05) is 0 Å². The number of anilines is 1. The highest BCUT2D eigenvalue weighted by Gasteiger charge is 2.23. The Labute approximate surface area is 172 Å². The van der Waals surface area contributed by atoms with Crippen molar-refractivity contribution >= 4 is 34.3 Å². The molecule has 0 unspecified atom stereocenters. The molecule has 0 aliphatic heterocycles. The molecular weight excluding hydrogens is 390 g/mol. The summed E-state index contributed by atoms with van der Waals surface area (Å²) in [7, 11) is 0. The number of benzene rings is 1. The van der Waals surface area contributed by atoms with Crippen LogP contribution in [0.5, 0.6) is 5.75 Å². The third kappa shape index (κ3) is 5.22. The predicted octanol–water partition coefficient (Wildman–Crippen LogP) is 4.05. The smallest absolute Gasteiger partial charge is 0.348 e. The number of carbonyl (C=O) groups excluding carboxylic acids is 2. The van der Waals surface area contributed by atoms with Gasteiger partial charge in [0.05, 0.1) is 18.8 Å². The fourth-order valence-electron chi connectivity index (χ4n) is 2.44. The summed E-state index contributed by atoms with van der Waals surface area (Å²) < 4.78 is 10.3. The average molecular weight is 409 g/mol. The number of rotatable bonds is 7. The molecular formula is C21H19N3O4S. The first kappa shape index (κ1) is 21.7. The van der Waals surface area contributed by atoms with Crippen molar-refractivity contribution in [2.75, 3.05) is 18.5 Å². The number of nitrogens with one attached hydrogen (secondary N) is 1. The monoisotopic (exact) mass is 409 g/mol. The number of amides is 1. The second-order valence-electron chi connectivity index (χ2n) is 5.72. The Morgan fingerprint density at radius 3 is 2.41 bits per heavy atom. The van der Waals surface area contributed by atoms with E-state index in [1.807, 2.05) is 19.1 Å². The summed E-state index contributed by atoms with van der Waals surface area (Å²) in [6.07, 6.45) is 1.43. The van der Waals surface area contributed by atoms with Gasteiger partial charge in [-0.05, 0) is 50.1 Å². The van der Waals surface area contributed by atoms with E-state index >= 15 is 0 Å². The van der Waals surface area contributed by atoms with Crippen molar-refractivity contribution in [3.8, 4) is 17.9 Å². The topological polar surface area (TPSA) is 112 Å². The zero-order valence-electron chi connectivity index (χ0n) is 16.2. The van der Waals surface area contributed by atoms with E-state index in [0.717, 1.165) is 11.3 Å². The van der Waals surface area contributed by atoms with Crippen LogP contribution in [0.3, 0.4) is 0 Å². The van der Waals surface area contributed by atoms with Crippen LogP contribution in [-0.4, -0.2) is 25.1 Å². The number of thiophene rings is 1. The van der Waals surface area contributed by atoms with Crippen molar-refractivity contribution in [2.24, 2.45) is 0 Å². The van der Waals surface area contributed by atoms with Gasteiger partial charge < -0.3 is 14.8 Å². The summed E-state index contributed by atoms with van der Waals surface area (Å²) in [6.45, 7) is 5.90. The molecule has 8 heteroatoms. The average Bonchev–Trinajstić information content (AvgIpc) is 3.02. The number of nitriles is 2. The number of hydrogen-bond donors (Lipinski definition) is 1. The Balaban J connectivity index is 2.27. The van der Waals surface area contributed by atoms with Crippen molar-refractivity contribution in [3.63, 3.8) is 0 Å². The number of nitrogens with zero attached hydrogens (tertiary/aromatic N) is 2. The second-order valence-corrected chi connectivity index (χ2v) is 6.74. The molecule has 0 saturated heterocycles. The minimum absolute atomic E-state index is 0.137. The molecule has 1 amide bonds. The highest BCUT2D eigenvalue weighted by molar-refractivity contribution is 7.18. The van der Waals surface area contributed by atoms with Crippen LogP contribution in [0, 0.1) is 29.6 Å². The molecule has 29 heavy (non-hydrogen) atoms. The maximum absolute atomic E-state index is 12.6. The summed E-state index contributed by atoms with van der Waals surface area (Å²) in [4.78, 5) is 24.8.